The van der Waals surface area contributed by atoms with Crippen molar-refractivity contribution in [3.63, 3.8) is 0 Å². The van der Waals surface area contributed by atoms with Crippen molar-refractivity contribution < 1.29 is 40.3 Å². The average molecular weight is 533 g/mol. The van der Waals surface area contributed by atoms with E-state index in [0.29, 0.717) is 26.8 Å². The van der Waals surface area contributed by atoms with Gasteiger partial charge in [0, 0.05) is 20.4 Å². The van der Waals surface area contributed by atoms with E-state index in [0.717, 1.165) is 6.07 Å². The maximum absolute atomic E-state index is 14.2. The van der Waals surface area contributed by atoms with Crippen molar-refractivity contribution in [2.75, 3.05) is 5.32 Å². The van der Waals surface area contributed by atoms with Crippen LogP contribution in [0.4, 0.5) is 36.4 Å². The Kier molecular flexibility index (Phi) is 5.25. The van der Waals surface area contributed by atoms with Crippen LogP contribution in [0.25, 0.3) is 0 Å². The standard InChI is InChI=1S/C18H11F7INO2/c1-8-7-9(16(19,17(20,21)22)18(23,24)25)5-6-12(8)27-14-13-10(15(28)29-14)3-2-4-11(13)26/h2-7,14,27H,1H3. The first-order chi connectivity index (χ1) is 13.3. The van der Waals surface area contributed by atoms with Gasteiger partial charge in [-0.1, -0.05) is 18.2 Å². The van der Waals surface area contributed by atoms with E-state index in [1.807, 2.05) is 22.6 Å². The number of hydrogen-bond acceptors (Lipinski definition) is 3. The predicted octanol–water partition coefficient (Wildman–Crippen LogP) is 6.17. The van der Waals surface area contributed by atoms with Gasteiger partial charge in [-0.05, 0) is 53.3 Å². The van der Waals surface area contributed by atoms with Gasteiger partial charge in [0.05, 0.1) is 5.56 Å². The van der Waals surface area contributed by atoms with Crippen LogP contribution in [-0.2, 0) is 10.4 Å². The van der Waals surface area contributed by atoms with Crippen molar-refractivity contribution in [1.82, 2.24) is 0 Å². The number of halogens is 8. The van der Waals surface area contributed by atoms with Crippen molar-refractivity contribution in [2.24, 2.45) is 0 Å². The van der Waals surface area contributed by atoms with E-state index in [1.54, 1.807) is 12.1 Å². The molecule has 3 rings (SSSR count). The highest BCUT2D eigenvalue weighted by Gasteiger charge is 2.73. The summed E-state index contributed by atoms with van der Waals surface area (Å²) in [5.41, 5.74) is -6.31. The van der Waals surface area contributed by atoms with Gasteiger partial charge in [-0.25, -0.2) is 9.18 Å². The molecule has 3 nitrogen and oxygen atoms in total. The normalized spacial score (nSPS) is 17.1. The fourth-order valence-electron chi connectivity index (χ4n) is 2.98. The van der Waals surface area contributed by atoms with Crippen LogP contribution in [0.2, 0.25) is 0 Å². The molecule has 1 N–H and O–H groups in total. The lowest BCUT2D eigenvalue weighted by Gasteiger charge is -2.31. The maximum Gasteiger partial charge on any atom is 0.435 e. The zero-order valence-electron chi connectivity index (χ0n) is 14.4. The molecule has 156 valence electrons. The molecular formula is C18H11F7INO2. The molecule has 0 saturated carbocycles. The van der Waals surface area contributed by atoms with E-state index < -0.39 is 35.8 Å². The van der Waals surface area contributed by atoms with Crippen LogP contribution in [-0.4, -0.2) is 18.3 Å². The summed E-state index contributed by atoms with van der Waals surface area (Å²) < 4.78 is 97.7. The Morgan fingerprint density at radius 1 is 1.00 bits per heavy atom. The molecule has 1 unspecified atom stereocenters. The molecule has 0 radical (unpaired) electrons. The third kappa shape index (κ3) is 3.53. The Bertz CT molecular complexity index is 958. The first kappa shape index (κ1) is 21.7. The lowest BCUT2D eigenvalue weighted by atomic mass is 9.92. The molecule has 0 fully saturated rings. The fraction of sp³-hybridized carbons (Fsp3) is 0.278. The summed E-state index contributed by atoms with van der Waals surface area (Å²) in [4.78, 5) is 11.9. The predicted molar refractivity (Wildman–Crippen MR) is 97.0 cm³/mol. The molecule has 0 aromatic heterocycles. The van der Waals surface area contributed by atoms with Crippen LogP contribution in [0, 0.1) is 10.5 Å². The Morgan fingerprint density at radius 2 is 1.62 bits per heavy atom. The van der Waals surface area contributed by atoms with Gasteiger partial charge in [-0.2, -0.15) is 26.3 Å². The summed E-state index contributed by atoms with van der Waals surface area (Å²) in [6.07, 6.45) is -13.4. The molecule has 2 aromatic carbocycles. The van der Waals surface area contributed by atoms with Crippen LogP contribution in [0.1, 0.15) is 33.3 Å². The summed E-state index contributed by atoms with van der Waals surface area (Å²) in [5, 5.41) is 2.76. The highest BCUT2D eigenvalue weighted by atomic mass is 127. The van der Waals surface area contributed by atoms with E-state index in [2.05, 4.69) is 5.32 Å². The van der Waals surface area contributed by atoms with E-state index in [-0.39, 0.29) is 11.3 Å². The number of fused-ring (bicyclic) bond motifs is 1. The number of benzene rings is 2. The van der Waals surface area contributed by atoms with Gasteiger partial charge in [0.15, 0.2) is 0 Å². The number of anilines is 1. The third-order valence-corrected chi connectivity index (χ3v) is 5.39. The minimum absolute atomic E-state index is 0.0887. The quantitative estimate of drug-likeness (QED) is 0.292. The summed E-state index contributed by atoms with van der Waals surface area (Å²) in [6, 6.07) is 6.64. The smallest absolute Gasteiger partial charge is 0.434 e. The Labute approximate surface area is 173 Å². The van der Waals surface area contributed by atoms with Crippen LogP contribution in [0.15, 0.2) is 36.4 Å². The monoisotopic (exact) mass is 533 g/mol. The molecule has 0 amide bonds. The van der Waals surface area contributed by atoms with E-state index in [1.165, 1.54) is 13.0 Å². The highest BCUT2D eigenvalue weighted by Crippen LogP contribution is 2.53. The minimum atomic E-state index is -6.19. The number of ether oxygens (including phenoxy) is 1. The summed E-state index contributed by atoms with van der Waals surface area (Å²) in [6.45, 7) is 1.21. The van der Waals surface area contributed by atoms with Gasteiger partial charge < -0.3 is 10.1 Å². The molecular weight excluding hydrogens is 522 g/mol. The number of carbonyl (C=O) groups excluding carboxylic acids is 1. The van der Waals surface area contributed by atoms with Crippen molar-refractivity contribution >= 4 is 34.2 Å². The van der Waals surface area contributed by atoms with Crippen molar-refractivity contribution in [2.45, 2.75) is 31.2 Å². The fourth-order valence-corrected chi connectivity index (χ4v) is 3.76. The SMILES string of the molecule is Cc1cc(C(F)(C(F)(F)F)C(F)(F)F)ccc1NC1OC(=O)c2cccc(I)c21. The number of cyclic esters (lactones) is 1. The van der Waals surface area contributed by atoms with Gasteiger partial charge in [-0.3, -0.25) is 0 Å². The largest absolute Gasteiger partial charge is 0.435 e. The molecule has 0 saturated heterocycles. The maximum atomic E-state index is 14.2. The van der Waals surface area contributed by atoms with Gasteiger partial charge in [0.1, 0.15) is 0 Å². The number of nitrogens with one attached hydrogen (secondary N) is 1. The van der Waals surface area contributed by atoms with Crippen molar-refractivity contribution in [3.05, 3.63) is 62.2 Å². The highest BCUT2D eigenvalue weighted by molar-refractivity contribution is 14.1. The summed E-state index contributed by atoms with van der Waals surface area (Å²) in [5.74, 6) is -0.623. The minimum Gasteiger partial charge on any atom is -0.434 e. The molecule has 29 heavy (non-hydrogen) atoms. The lowest BCUT2D eigenvalue weighted by Crippen LogP contribution is -2.50. The second-order valence-corrected chi connectivity index (χ2v) is 7.48. The van der Waals surface area contributed by atoms with Crippen molar-refractivity contribution in [1.29, 1.82) is 0 Å². The van der Waals surface area contributed by atoms with Gasteiger partial charge in [-0.15, -0.1) is 0 Å². The first-order valence-electron chi connectivity index (χ1n) is 7.97. The Hall–Kier alpha value is -2.05. The summed E-state index contributed by atoms with van der Waals surface area (Å²) >= 11 is 1.96. The van der Waals surface area contributed by atoms with Crippen LogP contribution < -0.4 is 5.32 Å². The van der Waals surface area contributed by atoms with Crippen LogP contribution >= 0.6 is 22.6 Å². The number of carbonyl (C=O) groups is 1. The molecule has 1 aliphatic heterocycles. The third-order valence-electron chi connectivity index (χ3n) is 4.45. The number of alkyl halides is 7. The zero-order valence-corrected chi connectivity index (χ0v) is 16.5. The molecule has 1 atom stereocenters. The molecule has 11 heteroatoms. The van der Waals surface area contributed by atoms with Crippen LogP contribution in [0.5, 0.6) is 0 Å². The Balaban J connectivity index is 1.97. The molecule has 1 heterocycles. The zero-order chi connectivity index (χ0) is 21.8. The number of rotatable bonds is 3. The van der Waals surface area contributed by atoms with Gasteiger partial charge >= 0.3 is 24.0 Å². The van der Waals surface area contributed by atoms with Crippen molar-refractivity contribution in [3.8, 4) is 0 Å². The number of aryl methyl sites for hydroxylation is 1. The molecule has 0 aliphatic carbocycles. The average Bonchev–Trinajstić information content (AvgIpc) is 2.91. The van der Waals surface area contributed by atoms with E-state index in [9.17, 15) is 35.5 Å². The second kappa shape index (κ2) is 7.03. The summed E-state index contributed by atoms with van der Waals surface area (Å²) in [7, 11) is 0. The van der Waals surface area contributed by atoms with E-state index >= 15 is 0 Å². The first-order valence-corrected chi connectivity index (χ1v) is 9.04. The van der Waals surface area contributed by atoms with Gasteiger partial charge in [0.25, 0.3) is 0 Å². The van der Waals surface area contributed by atoms with Gasteiger partial charge in [0.2, 0.25) is 6.23 Å². The van der Waals surface area contributed by atoms with E-state index in [4.69, 9.17) is 4.74 Å². The lowest BCUT2D eigenvalue weighted by molar-refractivity contribution is -0.348. The Morgan fingerprint density at radius 3 is 2.17 bits per heavy atom. The molecule has 2 aromatic rings. The molecule has 1 aliphatic rings. The van der Waals surface area contributed by atoms with Crippen LogP contribution in [0.3, 0.4) is 0 Å². The number of hydrogen-bond donors (Lipinski definition) is 1. The molecule has 0 spiro atoms. The second-order valence-electron chi connectivity index (χ2n) is 6.31. The topological polar surface area (TPSA) is 38.3 Å². The number of esters is 1. The molecule has 0 bridgehead atoms.